The molecule has 1 amide bonds. The normalized spacial score (nSPS) is 20.0. The zero-order chi connectivity index (χ0) is 13.7. The van der Waals surface area contributed by atoms with E-state index in [1.807, 2.05) is 4.90 Å². The molecule has 1 aliphatic rings. The van der Waals surface area contributed by atoms with Gasteiger partial charge in [0.05, 0.1) is 31.3 Å². The first-order valence-corrected chi connectivity index (χ1v) is 6.05. The van der Waals surface area contributed by atoms with Crippen molar-refractivity contribution in [3.63, 3.8) is 0 Å². The minimum Gasteiger partial charge on any atom is -0.378 e. The van der Waals surface area contributed by atoms with E-state index in [2.05, 4.69) is 20.7 Å². The average molecular weight is 266 g/mol. The number of rotatable bonds is 4. The molecule has 2 heterocycles. The van der Waals surface area contributed by atoms with Gasteiger partial charge >= 0.3 is 0 Å². The van der Waals surface area contributed by atoms with Crippen molar-refractivity contribution in [2.24, 2.45) is 5.84 Å². The SMILES string of the molecule is CNC(=O)C1COCCN1Cc1cnc(NN)cn1. The molecule has 1 fully saturated rings. The molecule has 0 spiro atoms. The monoisotopic (exact) mass is 266 g/mol. The summed E-state index contributed by atoms with van der Waals surface area (Å²) in [5.74, 6) is 5.69. The fraction of sp³-hybridized carbons (Fsp3) is 0.545. The van der Waals surface area contributed by atoms with Gasteiger partial charge in [-0.25, -0.2) is 10.8 Å². The van der Waals surface area contributed by atoms with Crippen molar-refractivity contribution in [2.45, 2.75) is 12.6 Å². The number of carbonyl (C=O) groups excluding carboxylic acids is 1. The van der Waals surface area contributed by atoms with Crippen LogP contribution in [0.2, 0.25) is 0 Å². The number of hydrogen-bond acceptors (Lipinski definition) is 7. The third kappa shape index (κ3) is 3.37. The van der Waals surface area contributed by atoms with Gasteiger partial charge in [-0.3, -0.25) is 14.7 Å². The lowest BCUT2D eigenvalue weighted by Gasteiger charge is -2.33. The van der Waals surface area contributed by atoms with Crippen molar-refractivity contribution in [1.82, 2.24) is 20.2 Å². The van der Waals surface area contributed by atoms with E-state index in [1.54, 1.807) is 19.4 Å². The number of hydrogen-bond donors (Lipinski definition) is 3. The predicted octanol–water partition coefficient (Wildman–Crippen LogP) is -1.29. The summed E-state index contributed by atoms with van der Waals surface area (Å²) in [6.45, 7) is 2.26. The topological polar surface area (TPSA) is 105 Å². The van der Waals surface area contributed by atoms with Crippen LogP contribution in [0.3, 0.4) is 0 Å². The molecule has 1 unspecified atom stereocenters. The van der Waals surface area contributed by atoms with Crippen LogP contribution in [0.15, 0.2) is 12.4 Å². The maximum atomic E-state index is 11.8. The number of aromatic nitrogens is 2. The third-order valence-electron chi connectivity index (χ3n) is 3.01. The number of nitrogens with two attached hydrogens (primary N) is 1. The summed E-state index contributed by atoms with van der Waals surface area (Å²) in [5, 5.41) is 2.65. The van der Waals surface area contributed by atoms with Crippen LogP contribution >= 0.6 is 0 Å². The van der Waals surface area contributed by atoms with E-state index in [0.717, 1.165) is 5.69 Å². The molecule has 104 valence electrons. The van der Waals surface area contributed by atoms with Crippen LogP contribution in [0.5, 0.6) is 0 Å². The summed E-state index contributed by atoms with van der Waals surface area (Å²) < 4.78 is 5.34. The van der Waals surface area contributed by atoms with Crippen LogP contribution in [0, 0.1) is 0 Å². The Morgan fingerprint density at radius 1 is 1.58 bits per heavy atom. The van der Waals surface area contributed by atoms with Gasteiger partial charge in [0.15, 0.2) is 5.82 Å². The Hall–Kier alpha value is -1.77. The van der Waals surface area contributed by atoms with E-state index in [-0.39, 0.29) is 11.9 Å². The quantitative estimate of drug-likeness (QED) is 0.460. The number of nitrogens with zero attached hydrogens (tertiary/aromatic N) is 3. The van der Waals surface area contributed by atoms with Crippen LogP contribution in [-0.4, -0.2) is 53.6 Å². The maximum absolute atomic E-state index is 11.8. The van der Waals surface area contributed by atoms with Crippen LogP contribution in [0.4, 0.5) is 5.82 Å². The van der Waals surface area contributed by atoms with Crippen molar-refractivity contribution in [2.75, 3.05) is 32.2 Å². The van der Waals surface area contributed by atoms with Crippen LogP contribution in [-0.2, 0) is 16.1 Å². The maximum Gasteiger partial charge on any atom is 0.239 e. The molecule has 1 atom stereocenters. The molecule has 0 bridgehead atoms. The molecule has 0 radical (unpaired) electrons. The summed E-state index contributed by atoms with van der Waals surface area (Å²) >= 11 is 0. The molecule has 1 aromatic heterocycles. The molecule has 4 N–H and O–H groups in total. The van der Waals surface area contributed by atoms with E-state index in [1.165, 1.54) is 0 Å². The largest absolute Gasteiger partial charge is 0.378 e. The molecule has 19 heavy (non-hydrogen) atoms. The minimum absolute atomic E-state index is 0.0482. The number of carbonyl (C=O) groups is 1. The van der Waals surface area contributed by atoms with Gasteiger partial charge in [0.1, 0.15) is 6.04 Å². The summed E-state index contributed by atoms with van der Waals surface area (Å²) in [6, 6.07) is -0.284. The number of nitrogens with one attached hydrogen (secondary N) is 2. The second kappa shape index (κ2) is 6.41. The zero-order valence-corrected chi connectivity index (χ0v) is 10.8. The molecule has 0 aliphatic carbocycles. The average Bonchev–Trinajstić information content (AvgIpc) is 2.48. The highest BCUT2D eigenvalue weighted by Gasteiger charge is 2.28. The Balaban J connectivity index is 2.03. The van der Waals surface area contributed by atoms with Gasteiger partial charge in [0.25, 0.3) is 0 Å². The van der Waals surface area contributed by atoms with Gasteiger partial charge in [-0.2, -0.15) is 0 Å². The van der Waals surface area contributed by atoms with Crippen LogP contribution in [0.1, 0.15) is 5.69 Å². The molecule has 0 aromatic carbocycles. The van der Waals surface area contributed by atoms with Gasteiger partial charge < -0.3 is 15.5 Å². The predicted molar refractivity (Wildman–Crippen MR) is 68.9 cm³/mol. The van der Waals surface area contributed by atoms with Crippen LogP contribution < -0.4 is 16.6 Å². The van der Waals surface area contributed by atoms with Crippen molar-refractivity contribution in [3.8, 4) is 0 Å². The Bertz CT molecular complexity index is 424. The molecule has 8 heteroatoms. The number of morpholine rings is 1. The number of nitrogen functional groups attached to an aromatic ring is 1. The summed E-state index contributed by atoms with van der Waals surface area (Å²) in [4.78, 5) is 22.1. The van der Waals surface area contributed by atoms with E-state index >= 15 is 0 Å². The zero-order valence-electron chi connectivity index (χ0n) is 10.8. The number of hydrazine groups is 1. The fourth-order valence-corrected chi connectivity index (χ4v) is 1.95. The van der Waals surface area contributed by atoms with E-state index in [4.69, 9.17) is 10.6 Å². The van der Waals surface area contributed by atoms with Gasteiger partial charge in [-0.1, -0.05) is 0 Å². The first-order valence-electron chi connectivity index (χ1n) is 6.05. The Kier molecular flexibility index (Phi) is 4.61. The smallest absolute Gasteiger partial charge is 0.239 e. The minimum atomic E-state index is -0.284. The lowest BCUT2D eigenvalue weighted by Crippen LogP contribution is -2.52. The second-order valence-electron chi connectivity index (χ2n) is 4.21. The third-order valence-corrected chi connectivity index (χ3v) is 3.01. The van der Waals surface area contributed by atoms with Crippen molar-refractivity contribution < 1.29 is 9.53 Å². The first-order chi connectivity index (χ1) is 9.24. The van der Waals surface area contributed by atoms with Gasteiger partial charge in [-0.05, 0) is 0 Å². The molecule has 2 rings (SSSR count). The molecule has 8 nitrogen and oxygen atoms in total. The van der Waals surface area contributed by atoms with Crippen molar-refractivity contribution in [3.05, 3.63) is 18.1 Å². The number of likely N-dealkylation sites (N-methyl/N-ethyl adjacent to an activating group) is 1. The Labute approximate surface area is 111 Å². The highest BCUT2D eigenvalue weighted by atomic mass is 16.5. The Morgan fingerprint density at radius 2 is 2.42 bits per heavy atom. The van der Waals surface area contributed by atoms with E-state index in [0.29, 0.717) is 32.1 Å². The van der Waals surface area contributed by atoms with Crippen LogP contribution in [0.25, 0.3) is 0 Å². The van der Waals surface area contributed by atoms with E-state index < -0.39 is 0 Å². The molecular formula is C11H18N6O2. The lowest BCUT2D eigenvalue weighted by molar-refractivity contribution is -0.132. The number of anilines is 1. The number of ether oxygens (including phenoxy) is 1. The molecule has 1 aliphatic heterocycles. The van der Waals surface area contributed by atoms with Gasteiger partial charge in [-0.15, -0.1) is 0 Å². The molecule has 1 saturated heterocycles. The standard InChI is InChI=1S/C11H18N6O2/c1-13-11(18)9-7-19-3-2-17(9)6-8-4-15-10(16-12)5-14-8/h4-5,9H,2-3,6-7,12H2,1H3,(H,13,18)(H,15,16). The fourth-order valence-electron chi connectivity index (χ4n) is 1.95. The second-order valence-corrected chi connectivity index (χ2v) is 4.21. The number of amides is 1. The van der Waals surface area contributed by atoms with Gasteiger partial charge in [0.2, 0.25) is 5.91 Å². The summed E-state index contributed by atoms with van der Waals surface area (Å²) in [7, 11) is 1.62. The first kappa shape index (κ1) is 13.7. The summed E-state index contributed by atoms with van der Waals surface area (Å²) in [6.07, 6.45) is 3.20. The molecular weight excluding hydrogens is 248 g/mol. The van der Waals surface area contributed by atoms with Crippen molar-refractivity contribution in [1.29, 1.82) is 0 Å². The highest BCUT2D eigenvalue weighted by Crippen LogP contribution is 2.11. The van der Waals surface area contributed by atoms with Gasteiger partial charge in [0, 0.05) is 20.1 Å². The highest BCUT2D eigenvalue weighted by molar-refractivity contribution is 5.81. The lowest BCUT2D eigenvalue weighted by atomic mass is 10.2. The van der Waals surface area contributed by atoms with E-state index in [9.17, 15) is 4.79 Å². The Morgan fingerprint density at radius 3 is 3.05 bits per heavy atom. The molecule has 0 saturated carbocycles. The molecule has 1 aromatic rings. The summed E-state index contributed by atoms with van der Waals surface area (Å²) in [5.41, 5.74) is 3.21. The van der Waals surface area contributed by atoms with Crippen molar-refractivity contribution >= 4 is 11.7 Å².